The number of nitrogens with zero attached hydrogens (tertiary/aromatic N) is 1. The van der Waals surface area contributed by atoms with Gasteiger partial charge >= 0.3 is 5.97 Å². The Hall–Kier alpha value is -1.34. The first kappa shape index (κ1) is 16.0. The zero-order valence-corrected chi connectivity index (χ0v) is 13.4. The predicted molar refractivity (Wildman–Crippen MR) is 77.9 cm³/mol. The number of furan rings is 1. The molecule has 0 saturated carbocycles. The van der Waals surface area contributed by atoms with Gasteiger partial charge in [0, 0.05) is 11.6 Å². The summed E-state index contributed by atoms with van der Waals surface area (Å²) in [5.74, 6) is 0.815. The normalized spacial score (nSPS) is 20.9. The van der Waals surface area contributed by atoms with E-state index in [1.165, 1.54) is 7.11 Å². The maximum absolute atomic E-state index is 11.6. The van der Waals surface area contributed by atoms with Crippen molar-refractivity contribution in [3.63, 3.8) is 0 Å². The van der Waals surface area contributed by atoms with Gasteiger partial charge in [-0.2, -0.15) is 0 Å². The average molecular weight is 315 g/mol. The van der Waals surface area contributed by atoms with Crippen LogP contribution in [-0.4, -0.2) is 50.5 Å². The predicted octanol–water partition coefficient (Wildman–Crippen LogP) is 1.38. The summed E-state index contributed by atoms with van der Waals surface area (Å²) >= 11 is 0. The first-order chi connectivity index (χ1) is 9.86. The molecule has 1 aromatic heterocycles. The molecule has 1 aromatic rings. The largest absolute Gasteiger partial charge is 0.463 e. The number of hydrogen-bond acceptors (Lipinski definition) is 6. The first-order valence-electron chi connectivity index (χ1n) is 6.98. The van der Waals surface area contributed by atoms with Crippen molar-refractivity contribution in [1.29, 1.82) is 0 Å². The Morgan fingerprint density at radius 2 is 2.24 bits per heavy atom. The summed E-state index contributed by atoms with van der Waals surface area (Å²) in [6.45, 7) is 5.00. The second-order valence-corrected chi connectivity index (χ2v) is 7.57. The third-order valence-electron chi connectivity index (χ3n) is 3.83. The van der Waals surface area contributed by atoms with E-state index in [2.05, 4.69) is 9.64 Å². The molecule has 1 aliphatic rings. The van der Waals surface area contributed by atoms with Crippen LogP contribution in [0.1, 0.15) is 35.2 Å². The van der Waals surface area contributed by atoms with Crippen LogP contribution < -0.4 is 0 Å². The summed E-state index contributed by atoms with van der Waals surface area (Å²) in [7, 11) is -1.60. The number of rotatable bonds is 5. The van der Waals surface area contributed by atoms with Crippen molar-refractivity contribution < 1.29 is 22.4 Å². The Labute approximate surface area is 125 Å². The SMILES string of the molecule is CCN(Cc1cc(C)c(C(=O)OC)o1)[C@H]1CCS(=O)(=O)C1. The molecule has 0 aliphatic carbocycles. The maximum Gasteiger partial charge on any atom is 0.374 e. The van der Waals surface area contributed by atoms with Gasteiger partial charge in [-0.15, -0.1) is 0 Å². The van der Waals surface area contributed by atoms with Crippen LogP contribution in [-0.2, 0) is 21.1 Å². The summed E-state index contributed by atoms with van der Waals surface area (Å²) in [6, 6.07) is 1.82. The van der Waals surface area contributed by atoms with Crippen LogP contribution in [0, 0.1) is 6.92 Å². The van der Waals surface area contributed by atoms with Crippen molar-refractivity contribution >= 4 is 15.8 Å². The molecule has 1 atom stereocenters. The van der Waals surface area contributed by atoms with Gasteiger partial charge in [-0.3, -0.25) is 4.90 Å². The molecule has 21 heavy (non-hydrogen) atoms. The van der Waals surface area contributed by atoms with Crippen LogP contribution >= 0.6 is 0 Å². The van der Waals surface area contributed by atoms with Crippen LogP contribution in [0.15, 0.2) is 10.5 Å². The quantitative estimate of drug-likeness (QED) is 0.764. The molecule has 0 aromatic carbocycles. The highest BCUT2D eigenvalue weighted by atomic mass is 32.2. The number of methoxy groups -OCH3 is 1. The monoisotopic (exact) mass is 315 g/mol. The number of sulfone groups is 1. The Morgan fingerprint density at radius 3 is 2.76 bits per heavy atom. The third-order valence-corrected chi connectivity index (χ3v) is 5.58. The minimum Gasteiger partial charge on any atom is -0.463 e. The van der Waals surface area contributed by atoms with Crippen molar-refractivity contribution in [2.75, 3.05) is 25.2 Å². The molecule has 1 saturated heterocycles. The topological polar surface area (TPSA) is 76.8 Å². The summed E-state index contributed by atoms with van der Waals surface area (Å²) in [4.78, 5) is 13.6. The first-order valence-corrected chi connectivity index (χ1v) is 8.80. The number of aryl methyl sites for hydroxylation is 1. The zero-order valence-electron chi connectivity index (χ0n) is 12.6. The van der Waals surface area contributed by atoms with Gasteiger partial charge in [0.05, 0.1) is 25.2 Å². The highest BCUT2D eigenvalue weighted by Gasteiger charge is 2.32. The highest BCUT2D eigenvalue weighted by molar-refractivity contribution is 7.91. The zero-order chi connectivity index (χ0) is 15.6. The number of ether oxygens (including phenoxy) is 1. The highest BCUT2D eigenvalue weighted by Crippen LogP contribution is 2.22. The van der Waals surface area contributed by atoms with Gasteiger partial charge in [0.2, 0.25) is 5.76 Å². The molecule has 0 radical (unpaired) electrons. The van der Waals surface area contributed by atoms with Crippen molar-refractivity contribution in [2.24, 2.45) is 0 Å². The van der Waals surface area contributed by atoms with Crippen LogP contribution in [0.25, 0.3) is 0 Å². The lowest BCUT2D eigenvalue weighted by Crippen LogP contribution is -2.35. The van der Waals surface area contributed by atoms with Gasteiger partial charge in [0.1, 0.15) is 5.76 Å². The van der Waals surface area contributed by atoms with Crippen LogP contribution in [0.4, 0.5) is 0 Å². The Bertz CT molecular complexity index is 619. The smallest absolute Gasteiger partial charge is 0.374 e. The molecule has 0 amide bonds. The molecule has 118 valence electrons. The van der Waals surface area contributed by atoms with Gasteiger partial charge < -0.3 is 9.15 Å². The molecule has 1 fully saturated rings. The molecular weight excluding hydrogens is 294 g/mol. The van der Waals surface area contributed by atoms with Crippen LogP contribution in [0.5, 0.6) is 0 Å². The lowest BCUT2D eigenvalue weighted by Gasteiger charge is -2.25. The van der Waals surface area contributed by atoms with Gasteiger partial charge in [0.25, 0.3) is 0 Å². The molecule has 2 heterocycles. The van der Waals surface area contributed by atoms with E-state index in [0.717, 1.165) is 12.1 Å². The molecule has 0 unspecified atom stereocenters. The Kier molecular flexibility index (Phi) is 4.73. The maximum atomic E-state index is 11.6. The number of carbonyl (C=O) groups excluding carboxylic acids is 1. The van der Waals surface area contributed by atoms with Crippen molar-refractivity contribution in [2.45, 2.75) is 32.9 Å². The molecule has 0 N–H and O–H groups in total. The number of hydrogen-bond donors (Lipinski definition) is 0. The third kappa shape index (κ3) is 3.65. The number of esters is 1. The fraction of sp³-hybridized carbons (Fsp3) is 0.643. The van der Waals surface area contributed by atoms with E-state index in [4.69, 9.17) is 4.42 Å². The van der Waals surface area contributed by atoms with Crippen molar-refractivity contribution in [3.8, 4) is 0 Å². The van der Waals surface area contributed by atoms with E-state index >= 15 is 0 Å². The van der Waals surface area contributed by atoms with E-state index in [1.54, 1.807) is 13.0 Å². The van der Waals surface area contributed by atoms with Gasteiger partial charge in [0.15, 0.2) is 9.84 Å². The summed E-state index contributed by atoms with van der Waals surface area (Å²) < 4.78 is 33.4. The molecule has 1 aliphatic heterocycles. The minimum atomic E-state index is -2.91. The Balaban J connectivity index is 2.11. The van der Waals surface area contributed by atoms with E-state index in [-0.39, 0.29) is 23.3 Å². The molecule has 0 spiro atoms. The second-order valence-electron chi connectivity index (χ2n) is 5.34. The summed E-state index contributed by atoms with van der Waals surface area (Å²) in [6.07, 6.45) is 0.653. The minimum absolute atomic E-state index is 0.0204. The lowest BCUT2D eigenvalue weighted by atomic mass is 10.2. The fourth-order valence-corrected chi connectivity index (χ4v) is 4.45. The molecule has 6 nitrogen and oxygen atoms in total. The van der Waals surface area contributed by atoms with Crippen molar-refractivity contribution in [3.05, 3.63) is 23.2 Å². The molecule has 2 rings (SSSR count). The van der Waals surface area contributed by atoms with E-state index in [9.17, 15) is 13.2 Å². The summed E-state index contributed by atoms with van der Waals surface area (Å²) in [5.41, 5.74) is 0.729. The van der Waals surface area contributed by atoms with Gasteiger partial charge in [-0.05, 0) is 26.0 Å². The summed E-state index contributed by atoms with van der Waals surface area (Å²) in [5, 5.41) is 0. The van der Waals surface area contributed by atoms with Gasteiger partial charge in [-0.1, -0.05) is 6.92 Å². The second kappa shape index (κ2) is 6.19. The van der Waals surface area contributed by atoms with Crippen LogP contribution in [0.2, 0.25) is 0 Å². The standard InChI is InChI=1S/C14H21NO5S/c1-4-15(11-5-6-21(17,18)9-11)8-12-7-10(2)13(20-12)14(16)19-3/h7,11H,4-6,8-9H2,1-3H3/t11-/m0/s1. The lowest BCUT2D eigenvalue weighted by molar-refractivity contribution is 0.0559. The molecule has 7 heteroatoms. The molecular formula is C14H21NO5S. The van der Waals surface area contributed by atoms with Crippen LogP contribution in [0.3, 0.4) is 0 Å². The number of carbonyl (C=O) groups is 1. The fourth-order valence-electron chi connectivity index (χ4n) is 2.68. The molecule has 0 bridgehead atoms. The van der Waals surface area contributed by atoms with E-state index in [0.29, 0.717) is 18.7 Å². The van der Waals surface area contributed by atoms with E-state index in [1.807, 2.05) is 6.92 Å². The Morgan fingerprint density at radius 1 is 1.52 bits per heavy atom. The van der Waals surface area contributed by atoms with Crippen molar-refractivity contribution in [1.82, 2.24) is 4.90 Å². The van der Waals surface area contributed by atoms with Gasteiger partial charge in [-0.25, -0.2) is 13.2 Å². The van der Waals surface area contributed by atoms with E-state index < -0.39 is 15.8 Å². The average Bonchev–Trinajstić information content (AvgIpc) is 2.97.